The molecule has 2 aromatic rings. The van der Waals surface area contributed by atoms with E-state index in [1.165, 1.54) is 24.3 Å². The summed E-state index contributed by atoms with van der Waals surface area (Å²) in [5.74, 6) is -2.12. The second-order valence-electron chi connectivity index (χ2n) is 5.59. The second kappa shape index (κ2) is 5.83. The van der Waals surface area contributed by atoms with Gasteiger partial charge in [-0.1, -0.05) is 5.16 Å². The van der Waals surface area contributed by atoms with Gasteiger partial charge in [0.1, 0.15) is 11.5 Å². The summed E-state index contributed by atoms with van der Waals surface area (Å²) in [6, 6.07) is 4.89. The molecule has 1 saturated carbocycles. The first-order chi connectivity index (χ1) is 11.0. The lowest BCUT2D eigenvalue weighted by Gasteiger charge is -2.14. The maximum Gasteiger partial charge on any atom is 0.375 e. The molecular weight excluding hydrogens is 303 g/mol. The zero-order chi connectivity index (χ0) is 16.6. The van der Waals surface area contributed by atoms with Gasteiger partial charge in [0.05, 0.1) is 11.6 Å². The van der Waals surface area contributed by atoms with E-state index in [0.29, 0.717) is 5.56 Å². The maximum absolute atomic E-state index is 13.1. The van der Waals surface area contributed by atoms with Crippen LogP contribution in [0.25, 0.3) is 11.3 Å². The molecule has 23 heavy (non-hydrogen) atoms. The Balaban J connectivity index is 1.98. The number of carboxylic acid groups (broad SMARTS) is 1. The first-order valence-electron chi connectivity index (χ1n) is 7.26. The van der Waals surface area contributed by atoms with Crippen LogP contribution in [-0.2, 0) is 4.79 Å². The Morgan fingerprint density at radius 2 is 2.00 bits per heavy atom. The van der Waals surface area contributed by atoms with Crippen molar-refractivity contribution < 1.29 is 23.6 Å². The molecule has 0 aliphatic heterocycles. The molecule has 1 unspecified atom stereocenters. The lowest BCUT2D eigenvalue weighted by molar-refractivity contribution is -0.122. The summed E-state index contributed by atoms with van der Waals surface area (Å²) in [6.07, 6.45) is 1.69. The highest BCUT2D eigenvalue weighted by molar-refractivity contribution is 5.89. The third-order valence-corrected chi connectivity index (χ3v) is 3.78. The third-order valence-electron chi connectivity index (χ3n) is 3.78. The van der Waals surface area contributed by atoms with Crippen molar-refractivity contribution in [2.45, 2.75) is 25.8 Å². The maximum atomic E-state index is 13.1. The van der Waals surface area contributed by atoms with Gasteiger partial charge in [0.2, 0.25) is 11.7 Å². The summed E-state index contributed by atoms with van der Waals surface area (Å²) in [6.45, 7) is 1.67. The fourth-order valence-corrected chi connectivity index (χ4v) is 2.42. The number of aromatic carboxylic acids is 1. The second-order valence-corrected chi connectivity index (χ2v) is 5.59. The van der Waals surface area contributed by atoms with Crippen LogP contribution >= 0.6 is 0 Å². The number of aromatic nitrogens is 1. The van der Waals surface area contributed by atoms with E-state index in [-0.39, 0.29) is 28.8 Å². The van der Waals surface area contributed by atoms with Crippen molar-refractivity contribution in [3.05, 3.63) is 41.4 Å². The monoisotopic (exact) mass is 318 g/mol. The molecule has 0 spiro atoms. The van der Waals surface area contributed by atoms with E-state index in [4.69, 9.17) is 4.52 Å². The van der Waals surface area contributed by atoms with Crippen molar-refractivity contribution in [2.24, 2.45) is 5.92 Å². The van der Waals surface area contributed by atoms with Crippen molar-refractivity contribution in [3.63, 3.8) is 0 Å². The van der Waals surface area contributed by atoms with Gasteiger partial charge < -0.3 is 14.9 Å². The van der Waals surface area contributed by atoms with Crippen molar-refractivity contribution in [1.82, 2.24) is 10.5 Å². The van der Waals surface area contributed by atoms with Gasteiger partial charge in [-0.3, -0.25) is 4.79 Å². The van der Waals surface area contributed by atoms with Gasteiger partial charge in [0.15, 0.2) is 0 Å². The molecule has 1 aromatic carbocycles. The normalized spacial score (nSPS) is 15.2. The van der Waals surface area contributed by atoms with Crippen LogP contribution in [0, 0.1) is 11.7 Å². The smallest absolute Gasteiger partial charge is 0.375 e. The summed E-state index contributed by atoms with van der Waals surface area (Å²) in [5, 5.41) is 15.8. The van der Waals surface area contributed by atoms with E-state index in [1.54, 1.807) is 6.92 Å². The highest BCUT2D eigenvalue weighted by Gasteiger charge is 2.33. The number of amides is 1. The first kappa shape index (κ1) is 15.2. The average Bonchev–Trinajstić information content (AvgIpc) is 3.26. The molecule has 1 aliphatic carbocycles. The molecule has 120 valence electrons. The van der Waals surface area contributed by atoms with Gasteiger partial charge in [-0.15, -0.1) is 0 Å². The van der Waals surface area contributed by atoms with Gasteiger partial charge >= 0.3 is 5.97 Å². The molecule has 1 aromatic heterocycles. The number of halogens is 1. The largest absolute Gasteiger partial charge is 0.475 e. The van der Waals surface area contributed by atoms with Gasteiger partial charge in [-0.05, 0) is 44.0 Å². The van der Waals surface area contributed by atoms with Crippen LogP contribution in [0.2, 0.25) is 0 Å². The minimum atomic E-state index is -1.27. The number of hydrogen-bond donors (Lipinski definition) is 2. The molecule has 1 atom stereocenters. The fraction of sp³-hybridized carbons (Fsp3) is 0.312. The molecule has 1 heterocycles. The Hall–Kier alpha value is -2.70. The standard InChI is InChI=1S/C16H15FN2O4/c1-8(18-15(20)10-2-3-10)12-13(19-23-14(12)16(21)22)9-4-6-11(17)7-5-9/h4-8,10H,2-3H2,1H3,(H,18,20)(H,21,22). The topological polar surface area (TPSA) is 92.4 Å². The van der Waals surface area contributed by atoms with Gasteiger partial charge in [-0.25, -0.2) is 9.18 Å². The van der Waals surface area contributed by atoms with E-state index < -0.39 is 17.8 Å². The van der Waals surface area contributed by atoms with Crippen LogP contribution < -0.4 is 5.32 Å². The predicted octanol–water partition coefficient (Wildman–Crippen LogP) is 2.77. The van der Waals surface area contributed by atoms with Gasteiger partial charge in [-0.2, -0.15) is 0 Å². The van der Waals surface area contributed by atoms with Gasteiger partial charge in [0, 0.05) is 11.5 Å². The zero-order valence-corrected chi connectivity index (χ0v) is 12.4. The number of benzene rings is 1. The third kappa shape index (κ3) is 3.08. The molecule has 1 fully saturated rings. The molecule has 3 rings (SSSR count). The van der Waals surface area contributed by atoms with Crippen molar-refractivity contribution in [2.75, 3.05) is 0 Å². The highest BCUT2D eigenvalue weighted by atomic mass is 19.1. The van der Waals surface area contributed by atoms with E-state index in [9.17, 15) is 19.1 Å². The Kier molecular flexibility index (Phi) is 3.85. The number of nitrogens with zero attached hydrogens (tertiary/aromatic N) is 1. The average molecular weight is 318 g/mol. The van der Waals surface area contributed by atoms with E-state index >= 15 is 0 Å². The number of carbonyl (C=O) groups excluding carboxylic acids is 1. The molecule has 6 nitrogen and oxygen atoms in total. The molecular formula is C16H15FN2O4. The number of hydrogen-bond acceptors (Lipinski definition) is 4. The number of carbonyl (C=O) groups is 2. The van der Waals surface area contributed by atoms with Crippen LogP contribution in [0.5, 0.6) is 0 Å². The van der Waals surface area contributed by atoms with Crippen LogP contribution in [0.1, 0.15) is 41.9 Å². The number of rotatable bonds is 5. The summed E-state index contributed by atoms with van der Waals surface area (Å²) < 4.78 is 18.0. The Morgan fingerprint density at radius 1 is 1.35 bits per heavy atom. The molecule has 0 saturated heterocycles. The summed E-state index contributed by atoms with van der Waals surface area (Å²) >= 11 is 0. The summed E-state index contributed by atoms with van der Waals surface area (Å²) in [7, 11) is 0. The van der Waals surface area contributed by atoms with Crippen molar-refractivity contribution in [1.29, 1.82) is 0 Å². The van der Waals surface area contributed by atoms with Crippen molar-refractivity contribution >= 4 is 11.9 Å². The van der Waals surface area contributed by atoms with E-state index in [1.807, 2.05) is 0 Å². The first-order valence-corrected chi connectivity index (χ1v) is 7.26. The lowest BCUT2D eigenvalue weighted by atomic mass is 10.0. The number of nitrogens with one attached hydrogen (secondary N) is 1. The Labute approximate surface area is 131 Å². The summed E-state index contributed by atoms with van der Waals surface area (Å²) in [5.41, 5.74) is 1.08. The van der Waals surface area contributed by atoms with Crippen LogP contribution in [-0.4, -0.2) is 22.1 Å². The molecule has 2 N–H and O–H groups in total. The fourth-order valence-electron chi connectivity index (χ4n) is 2.42. The Bertz CT molecular complexity index is 750. The number of carboxylic acids is 1. The SMILES string of the molecule is CC(NC(=O)C1CC1)c1c(-c2ccc(F)cc2)noc1C(=O)O. The van der Waals surface area contributed by atoms with Crippen LogP contribution in [0.15, 0.2) is 28.8 Å². The van der Waals surface area contributed by atoms with Crippen LogP contribution in [0.3, 0.4) is 0 Å². The van der Waals surface area contributed by atoms with Crippen molar-refractivity contribution in [3.8, 4) is 11.3 Å². The van der Waals surface area contributed by atoms with E-state index in [0.717, 1.165) is 12.8 Å². The molecule has 1 amide bonds. The molecule has 1 aliphatic rings. The quantitative estimate of drug-likeness (QED) is 0.884. The summed E-state index contributed by atoms with van der Waals surface area (Å²) in [4.78, 5) is 23.3. The van der Waals surface area contributed by atoms with Gasteiger partial charge in [0.25, 0.3) is 0 Å². The highest BCUT2D eigenvalue weighted by Crippen LogP contribution is 2.33. The minimum Gasteiger partial charge on any atom is -0.475 e. The molecule has 0 bridgehead atoms. The predicted molar refractivity (Wildman–Crippen MR) is 78.1 cm³/mol. The zero-order valence-electron chi connectivity index (χ0n) is 12.4. The molecule has 0 radical (unpaired) electrons. The minimum absolute atomic E-state index is 0.000130. The molecule has 7 heteroatoms. The lowest BCUT2D eigenvalue weighted by Crippen LogP contribution is -2.28. The Morgan fingerprint density at radius 3 is 2.57 bits per heavy atom. The van der Waals surface area contributed by atoms with Crippen LogP contribution in [0.4, 0.5) is 4.39 Å². The van der Waals surface area contributed by atoms with E-state index in [2.05, 4.69) is 10.5 Å².